The van der Waals surface area contributed by atoms with Crippen LogP contribution in [-0.4, -0.2) is 42.9 Å². The number of nitrogens with zero attached hydrogens (tertiary/aromatic N) is 3. The molecular formula is C16H21N5O2S. The van der Waals surface area contributed by atoms with Crippen LogP contribution >= 0.6 is 0 Å². The second kappa shape index (κ2) is 7.25. The van der Waals surface area contributed by atoms with Crippen LogP contribution in [0.2, 0.25) is 0 Å². The van der Waals surface area contributed by atoms with Crippen LogP contribution < -0.4 is 10.5 Å². The molecule has 24 heavy (non-hydrogen) atoms. The van der Waals surface area contributed by atoms with Gasteiger partial charge < -0.3 is 5.73 Å². The minimum Gasteiger partial charge on any atom is -0.330 e. The Balaban J connectivity index is 1.63. The standard InChI is InChI=1S/C16H21N5O2S/c17-8-13-6-7-21(11-13)12-14-9-18-16(19-10-14)20-24(22,23)15-4-2-1-3-5-15/h1-5,9-10,13H,6-8,11-12,17H2,(H,18,19,20)/t13-/m1/s1. The zero-order chi connectivity index (χ0) is 17.0. The number of benzene rings is 1. The smallest absolute Gasteiger partial charge is 0.264 e. The van der Waals surface area contributed by atoms with E-state index >= 15 is 0 Å². The molecule has 0 radical (unpaired) electrons. The Bertz CT molecular complexity index is 765. The Hall–Kier alpha value is -2.03. The van der Waals surface area contributed by atoms with Gasteiger partial charge in [-0.2, -0.15) is 0 Å². The van der Waals surface area contributed by atoms with E-state index in [-0.39, 0.29) is 10.8 Å². The SMILES string of the molecule is NC[C@H]1CCN(Cc2cnc(NS(=O)(=O)c3ccccc3)nc2)C1. The van der Waals surface area contributed by atoms with Crippen molar-refractivity contribution in [1.82, 2.24) is 14.9 Å². The fourth-order valence-electron chi connectivity index (χ4n) is 2.77. The molecule has 7 nitrogen and oxygen atoms in total. The molecule has 1 atom stereocenters. The Labute approximate surface area is 142 Å². The van der Waals surface area contributed by atoms with Gasteiger partial charge in [0, 0.05) is 31.0 Å². The molecule has 0 aliphatic carbocycles. The molecule has 3 rings (SSSR count). The quantitative estimate of drug-likeness (QED) is 0.810. The van der Waals surface area contributed by atoms with Gasteiger partial charge in [-0.1, -0.05) is 18.2 Å². The normalized spacial score (nSPS) is 18.6. The fraction of sp³-hybridized carbons (Fsp3) is 0.375. The van der Waals surface area contributed by atoms with Crippen molar-refractivity contribution in [3.05, 3.63) is 48.3 Å². The summed E-state index contributed by atoms with van der Waals surface area (Å²) in [5, 5.41) is 0. The maximum atomic E-state index is 12.2. The predicted octanol–water partition coefficient (Wildman–Crippen LogP) is 1.06. The molecule has 0 spiro atoms. The number of aromatic nitrogens is 2. The van der Waals surface area contributed by atoms with Crippen molar-refractivity contribution >= 4 is 16.0 Å². The first-order chi connectivity index (χ1) is 11.6. The number of sulfonamides is 1. The fourth-order valence-corrected chi connectivity index (χ4v) is 3.75. The summed E-state index contributed by atoms with van der Waals surface area (Å²) in [4.78, 5) is 10.7. The van der Waals surface area contributed by atoms with Crippen LogP contribution in [0.25, 0.3) is 0 Å². The molecule has 0 saturated carbocycles. The molecular weight excluding hydrogens is 326 g/mol. The van der Waals surface area contributed by atoms with Crippen LogP contribution in [0.4, 0.5) is 5.95 Å². The molecule has 0 unspecified atom stereocenters. The van der Waals surface area contributed by atoms with E-state index in [1.54, 1.807) is 30.6 Å². The second-order valence-corrected chi connectivity index (χ2v) is 7.64. The van der Waals surface area contributed by atoms with E-state index < -0.39 is 10.0 Å². The van der Waals surface area contributed by atoms with Crippen LogP contribution in [-0.2, 0) is 16.6 Å². The van der Waals surface area contributed by atoms with Gasteiger partial charge in [-0.25, -0.2) is 23.1 Å². The highest BCUT2D eigenvalue weighted by molar-refractivity contribution is 7.92. The van der Waals surface area contributed by atoms with E-state index in [0.717, 1.165) is 31.6 Å². The molecule has 128 valence electrons. The highest BCUT2D eigenvalue weighted by atomic mass is 32.2. The van der Waals surface area contributed by atoms with Gasteiger partial charge in [0.15, 0.2) is 0 Å². The summed E-state index contributed by atoms with van der Waals surface area (Å²) in [5.74, 6) is 0.631. The summed E-state index contributed by atoms with van der Waals surface area (Å²) in [6.45, 7) is 3.47. The Morgan fingerprint density at radius 3 is 2.54 bits per heavy atom. The van der Waals surface area contributed by atoms with Gasteiger partial charge in [-0.05, 0) is 37.6 Å². The third-order valence-electron chi connectivity index (χ3n) is 4.09. The maximum absolute atomic E-state index is 12.2. The van der Waals surface area contributed by atoms with Gasteiger partial charge in [0.25, 0.3) is 10.0 Å². The van der Waals surface area contributed by atoms with Gasteiger partial charge in [-0.3, -0.25) is 4.90 Å². The van der Waals surface area contributed by atoms with Crippen LogP contribution in [0, 0.1) is 5.92 Å². The molecule has 1 aliphatic heterocycles. The lowest BCUT2D eigenvalue weighted by molar-refractivity contribution is 0.317. The number of nitrogens with two attached hydrogens (primary N) is 1. The summed E-state index contributed by atoms with van der Waals surface area (Å²) in [6.07, 6.45) is 4.43. The Morgan fingerprint density at radius 2 is 1.92 bits per heavy atom. The lowest BCUT2D eigenvalue weighted by Crippen LogP contribution is -2.23. The molecule has 0 bridgehead atoms. The minimum atomic E-state index is -3.66. The van der Waals surface area contributed by atoms with Gasteiger partial charge >= 0.3 is 0 Å². The van der Waals surface area contributed by atoms with E-state index in [1.165, 1.54) is 12.1 Å². The number of rotatable bonds is 6. The van der Waals surface area contributed by atoms with Crippen LogP contribution in [0.15, 0.2) is 47.6 Å². The molecule has 1 aromatic heterocycles. The maximum Gasteiger partial charge on any atom is 0.264 e. The van der Waals surface area contributed by atoms with E-state index in [2.05, 4.69) is 19.6 Å². The van der Waals surface area contributed by atoms with Crippen molar-refractivity contribution in [1.29, 1.82) is 0 Å². The number of hydrogen-bond acceptors (Lipinski definition) is 6. The largest absolute Gasteiger partial charge is 0.330 e. The van der Waals surface area contributed by atoms with E-state index in [9.17, 15) is 8.42 Å². The predicted molar refractivity (Wildman–Crippen MR) is 91.7 cm³/mol. The minimum absolute atomic E-state index is 0.0730. The third-order valence-corrected chi connectivity index (χ3v) is 5.44. The number of likely N-dealkylation sites (tertiary alicyclic amines) is 1. The average Bonchev–Trinajstić information content (AvgIpc) is 3.05. The number of nitrogens with one attached hydrogen (secondary N) is 1. The molecule has 3 N–H and O–H groups in total. The summed E-state index contributed by atoms with van der Waals surface area (Å²) < 4.78 is 26.8. The zero-order valence-corrected chi connectivity index (χ0v) is 14.1. The monoisotopic (exact) mass is 347 g/mol. The molecule has 2 heterocycles. The van der Waals surface area contributed by atoms with Crippen LogP contribution in [0.5, 0.6) is 0 Å². The first kappa shape index (κ1) is 16.8. The van der Waals surface area contributed by atoms with E-state index in [0.29, 0.717) is 12.5 Å². The van der Waals surface area contributed by atoms with Gasteiger partial charge in [-0.15, -0.1) is 0 Å². The van der Waals surface area contributed by atoms with E-state index in [4.69, 9.17) is 5.73 Å². The molecule has 0 amide bonds. The molecule has 1 saturated heterocycles. The van der Waals surface area contributed by atoms with Crippen molar-refractivity contribution in [2.75, 3.05) is 24.4 Å². The average molecular weight is 347 g/mol. The first-order valence-corrected chi connectivity index (χ1v) is 9.36. The van der Waals surface area contributed by atoms with Gasteiger partial charge in [0.05, 0.1) is 4.90 Å². The summed E-state index contributed by atoms with van der Waals surface area (Å²) in [6, 6.07) is 8.15. The lowest BCUT2D eigenvalue weighted by Gasteiger charge is -2.15. The summed E-state index contributed by atoms with van der Waals surface area (Å²) >= 11 is 0. The van der Waals surface area contributed by atoms with E-state index in [1.807, 2.05) is 0 Å². The molecule has 1 aromatic carbocycles. The Kier molecular flexibility index (Phi) is 5.08. The Morgan fingerprint density at radius 1 is 1.21 bits per heavy atom. The zero-order valence-electron chi connectivity index (χ0n) is 13.3. The second-order valence-electron chi connectivity index (χ2n) is 5.96. The van der Waals surface area contributed by atoms with Crippen molar-refractivity contribution in [2.45, 2.75) is 17.9 Å². The topological polar surface area (TPSA) is 101 Å². The molecule has 2 aromatic rings. The highest BCUT2D eigenvalue weighted by Gasteiger charge is 2.21. The van der Waals surface area contributed by atoms with Crippen molar-refractivity contribution < 1.29 is 8.42 Å². The number of hydrogen-bond donors (Lipinski definition) is 2. The third kappa shape index (κ3) is 4.08. The first-order valence-electron chi connectivity index (χ1n) is 7.88. The number of anilines is 1. The highest BCUT2D eigenvalue weighted by Crippen LogP contribution is 2.18. The summed E-state index contributed by atoms with van der Waals surface area (Å²) in [7, 11) is -3.66. The van der Waals surface area contributed by atoms with Crippen molar-refractivity contribution in [3.63, 3.8) is 0 Å². The van der Waals surface area contributed by atoms with Gasteiger partial charge in [0.1, 0.15) is 0 Å². The molecule has 1 aliphatic rings. The summed E-state index contributed by atoms with van der Waals surface area (Å²) in [5.41, 5.74) is 6.65. The lowest BCUT2D eigenvalue weighted by atomic mass is 10.1. The van der Waals surface area contributed by atoms with Crippen LogP contribution in [0.1, 0.15) is 12.0 Å². The van der Waals surface area contributed by atoms with Crippen molar-refractivity contribution in [2.24, 2.45) is 11.7 Å². The van der Waals surface area contributed by atoms with Crippen molar-refractivity contribution in [3.8, 4) is 0 Å². The van der Waals surface area contributed by atoms with Gasteiger partial charge in [0.2, 0.25) is 5.95 Å². The molecule has 8 heteroatoms. The van der Waals surface area contributed by atoms with Crippen LogP contribution in [0.3, 0.4) is 0 Å². The molecule has 1 fully saturated rings.